The first-order valence-electron chi connectivity index (χ1n) is 8.72. The SMILES string of the molecule is Cc1ccc(C(=O)NCCNC(=O)c2nc(C)n(-c3n[nH]c(C(F)(F)F)n3)n2)cc1. The zero-order chi connectivity index (χ0) is 21.9. The molecule has 0 bridgehead atoms. The largest absolute Gasteiger partial charge is 0.451 e. The van der Waals surface area contributed by atoms with E-state index in [1.165, 1.54) is 6.92 Å². The molecule has 0 aliphatic carbocycles. The Hall–Kier alpha value is -3.77. The molecule has 3 N–H and O–H groups in total. The first kappa shape index (κ1) is 21.0. The fourth-order valence-electron chi connectivity index (χ4n) is 2.39. The Bertz CT molecular complexity index is 1060. The smallest absolute Gasteiger partial charge is 0.350 e. The van der Waals surface area contributed by atoms with Crippen molar-refractivity contribution < 1.29 is 22.8 Å². The number of aromatic nitrogens is 6. The number of rotatable bonds is 6. The molecule has 30 heavy (non-hydrogen) atoms. The molecular formula is C17H17F3N8O2. The number of benzene rings is 1. The van der Waals surface area contributed by atoms with Crippen molar-refractivity contribution in [2.45, 2.75) is 20.0 Å². The quantitative estimate of drug-likeness (QED) is 0.512. The third kappa shape index (κ3) is 4.79. The fourth-order valence-corrected chi connectivity index (χ4v) is 2.39. The van der Waals surface area contributed by atoms with E-state index < -0.39 is 23.9 Å². The van der Waals surface area contributed by atoms with Gasteiger partial charge in [0.1, 0.15) is 5.82 Å². The average Bonchev–Trinajstić information content (AvgIpc) is 3.32. The highest BCUT2D eigenvalue weighted by molar-refractivity contribution is 5.94. The van der Waals surface area contributed by atoms with Gasteiger partial charge < -0.3 is 10.6 Å². The minimum atomic E-state index is -4.69. The Morgan fingerprint density at radius 3 is 2.27 bits per heavy atom. The van der Waals surface area contributed by atoms with Crippen LogP contribution in [0.4, 0.5) is 13.2 Å². The van der Waals surface area contributed by atoms with Crippen LogP contribution in [0.25, 0.3) is 5.95 Å². The normalized spacial score (nSPS) is 11.4. The molecule has 2 aromatic heterocycles. The highest BCUT2D eigenvalue weighted by atomic mass is 19.4. The molecule has 0 fully saturated rings. The van der Waals surface area contributed by atoms with Crippen LogP contribution in [0.1, 0.15) is 38.2 Å². The van der Waals surface area contributed by atoms with Crippen molar-refractivity contribution in [2.75, 3.05) is 13.1 Å². The number of hydrogen-bond donors (Lipinski definition) is 3. The van der Waals surface area contributed by atoms with Crippen molar-refractivity contribution in [1.29, 1.82) is 0 Å². The minimum Gasteiger partial charge on any atom is -0.350 e. The van der Waals surface area contributed by atoms with Crippen LogP contribution in [0.3, 0.4) is 0 Å². The molecule has 0 atom stereocenters. The maximum Gasteiger partial charge on any atom is 0.451 e. The van der Waals surface area contributed by atoms with Crippen LogP contribution in [-0.4, -0.2) is 54.8 Å². The summed E-state index contributed by atoms with van der Waals surface area (Å²) >= 11 is 0. The molecular weight excluding hydrogens is 405 g/mol. The lowest BCUT2D eigenvalue weighted by atomic mass is 10.1. The summed E-state index contributed by atoms with van der Waals surface area (Å²) in [5.41, 5.74) is 1.52. The molecule has 0 aliphatic heterocycles. The zero-order valence-electron chi connectivity index (χ0n) is 15.9. The van der Waals surface area contributed by atoms with Crippen molar-refractivity contribution in [1.82, 2.24) is 40.6 Å². The maximum absolute atomic E-state index is 12.6. The molecule has 0 saturated carbocycles. The van der Waals surface area contributed by atoms with Crippen LogP contribution in [0, 0.1) is 13.8 Å². The molecule has 1 aromatic carbocycles. The monoisotopic (exact) mass is 422 g/mol. The summed E-state index contributed by atoms with van der Waals surface area (Å²) in [5, 5.41) is 14.2. The number of hydrogen-bond acceptors (Lipinski definition) is 6. The van der Waals surface area contributed by atoms with Gasteiger partial charge in [-0.25, -0.2) is 4.98 Å². The van der Waals surface area contributed by atoms with E-state index in [4.69, 9.17) is 0 Å². The van der Waals surface area contributed by atoms with Crippen molar-refractivity contribution in [3.05, 3.63) is 52.9 Å². The van der Waals surface area contributed by atoms with Crippen LogP contribution in [0.2, 0.25) is 0 Å². The minimum absolute atomic E-state index is 0.100. The van der Waals surface area contributed by atoms with Crippen molar-refractivity contribution in [2.24, 2.45) is 0 Å². The lowest BCUT2D eigenvalue weighted by molar-refractivity contribution is -0.144. The fraction of sp³-hybridized carbons (Fsp3) is 0.294. The number of carbonyl (C=O) groups is 2. The number of nitrogens with zero attached hydrogens (tertiary/aromatic N) is 5. The second-order valence-corrected chi connectivity index (χ2v) is 6.25. The van der Waals surface area contributed by atoms with Crippen LogP contribution in [0.5, 0.6) is 0 Å². The van der Waals surface area contributed by atoms with E-state index in [1.807, 2.05) is 19.1 Å². The van der Waals surface area contributed by atoms with Gasteiger partial charge in [-0.2, -0.15) is 22.8 Å². The Morgan fingerprint density at radius 1 is 1.03 bits per heavy atom. The van der Waals surface area contributed by atoms with Crippen molar-refractivity contribution >= 4 is 11.8 Å². The van der Waals surface area contributed by atoms with Gasteiger partial charge >= 0.3 is 6.18 Å². The number of aromatic amines is 1. The molecule has 10 nitrogen and oxygen atoms in total. The lowest BCUT2D eigenvalue weighted by Gasteiger charge is -2.06. The number of carbonyl (C=O) groups excluding carboxylic acids is 2. The number of halogens is 3. The van der Waals surface area contributed by atoms with E-state index in [2.05, 4.69) is 30.8 Å². The summed E-state index contributed by atoms with van der Waals surface area (Å²) in [5.74, 6) is -2.77. The molecule has 3 rings (SSSR count). The van der Waals surface area contributed by atoms with Gasteiger partial charge in [-0.05, 0) is 26.0 Å². The molecule has 158 valence electrons. The van der Waals surface area contributed by atoms with Gasteiger partial charge in [0.2, 0.25) is 11.6 Å². The summed E-state index contributed by atoms with van der Waals surface area (Å²) in [6.45, 7) is 3.61. The second kappa shape index (κ2) is 8.31. The van der Waals surface area contributed by atoms with Crippen LogP contribution in [0.15, 0.2) is 24.3 Å². The predicted molar refractivity (Wildman–Crippen MR) is 96.9 cm³/mol. The summed E-state index contributed by atoms with van der Waals surface area (Å²) in [7, 11) is 0. The summed E-state index contributed by atoms with van der Waals surface area (Å²) in [6.07, 6.45) is -4.69. The highest BCUT2D eigenvalue weighted by Gasteiger charge is 2.35. The van der Waals surface area contributed by atoms with Crippen LogP contribution >= 0.6 is 0 Å². The molecule has 0 unspecified atom stereocenters. The van der Waals surface area contributed by atoms with E-state index >= 15 is 0 Å². The topological polar surface area (TPSA) is 130 Å². The molecule has 2 heterocycles. The van der Waals surface area contributed by atoms with Crippen LogP contribution < -0.4 is 10.6 Å². The third-order valence-electron chi connectivity index (χ3n) is 3.91. The lowest BCUT2D eigenvalue weighted by Crippen LogP contribution is -2.35. The average molecular weight is 422 g/mol. The molecule has 13 heteroatoms. The molecule has 3 aromatic rings. The van der Waals surface area contributed by atoms with Gasteiger partial charge in [0, 0.05) is 18.7 Å². The Kier molecular flexibility index (Phi) is 5.80. The van der Waals surface area contributed by atoms with Gasteiger partial charge in [0.05, 0.1) is 0 Å². The van der Waals surface area contributed by atoms with Crippen molar-refractivity contribution in [3.63, 3.8) is 0 Å². The molecule has 0 aliphatic rings. The molecule has 0 spiro atoms. The van der Waals surface area contributed by atoms with E-state index in [1.54, 1.807) is 17.2 Å². The number of alkyl halides is 3. The van der Waals surface area contributed by atoms with Gasteiger partial charge in [0.25, 0.3) is 17.8 Å². The molecule has 2 amide bonds. The van der Waals surface area contributed by atoms with Gasteiger partial charge in [-0.1, -0.05) is 17.7 Å². The summed E-state index contributed by atoms with van der Waals surface area (Å²) < 4.78 is 38.8. The Balaban J connectivity index is 1.55. The first-order chi connectivity index (χ1) is 14.1. The van der Waals surface area contributed by atoms with Crippen LogP contribution in [-0.2, 0) is 6.18 Å². The highest BCUT2D eigenvalue weighted by Crippen LogP contribution is 2.26. The summed E-state index contributed by atoms with van der Waals surface area (Å²) in [4.78, 5) is 31.4. The second-order valence-electron chi connectivity index (χ2n) is 6.25. The number of nitrogens with one attached hydrogen (secondary N) is 3. The van der Waals surface area contributed by atoms with Gasteiger partial charge in [-0.3, -0.25) is 14.7 Å². The number of amides is 2. The van der Waals surface area contributed by atoms with Gasteiger partial charge in [-0.15, -0.1) is 10.2 Å². The number of aryl methyl sites for hydroxylation is 2. The summed E-state index contributed by atoms with van der Waals surface area (Å²) in [6, 6.07) is 7.01. The van der Waals surface area contributed by atoms with E-state index in [0.29, 0.717) is 5.56 Å². The third-order valence-corrected chi connectivity index (χ3v) is 3.91. The Morgan fingerprint density at radius 2 is 1.67 bits per heavy atom. The number of H-pyrrole nitrogens is 1. The predicted octanol–water partition coefficient (Wildman–Crippen LogP) is 1.18. The van der Waals surface area contributed by atoms with Gasteiger partial charge in [0.15, 0.2) is 0 Å². The van der Waals surface area contributed by atoms with E-state index in [9.17, 15) is 22.8 Å². The zero-order valence-corrected chi connectivity index (χ0v) is 15.9. The Labute approximate surface area is 167 Å². The first-order valence-corrected chi connectivity index (χ1v) is 8.72. The standard InChI is InChI=1S/C17H17F3N8O2/c1-9-3-5-11(6-4-9)13(29)21-7-8-22-14(30)12-23-10(2)28(27-12)16-24-15(25-26-16)17(18,19)20/h3-6H,7-8H2,1-2H3,(H,21,29)(H,22,30)(H,24,25,26). The molecule has 0 radical (unpaired) electrons. The maximum atomic E-state index is 12.6. The van der Waals surface area contributed by atoms with E-state index in [-0.39, 0.29) is 30.6 Å². The van der Waals surface area contributed by atoms with E-state index in [0.717, 1.165) is 10.2 Å². The molecule has 0 saturated heterocycles. The van der Waals surface area contributed by atoms with Crippen molar-refractivity contribution in [3.8, 4) is 5.95 Å².